The Morgan fingerprint density at radius 2 is 2.05 bits per heavy atom. The Bertz CT molecular complexity index is 417. The van der Waals surface area contributed by atoms with Gasteiger partial charge in [0.25, 0.3) is 0 Å². The molecule has 19 heavy (non-hydrogen) atoms. The van der Waals surface area contributed by atoms with E-state index in [9.17, 15) is 4.79 Å². The number of nitrogens with one attached hydrogen (secondary N) is 2. The SMILES string of the molecule is CCc1ccc(CC)c(NC(=O)NCCC(C)O)c1. The van der Waals surface area contributed by atoms with Gasteiger partial charge in [-0.3, -0.25) is 0 Å². The minimum absolute atomic E-state index is 0.219. The Hall–Kier alpha value is -1.55. The summed E-state index contributed by atoms with van der Waals surface area (Å²) in [6.45, 7) is 6.34. The van der Waals surface area contributed by atoms with E-state index in [1.165, 1.54) is 5.56 Å². The summed E-state index contributed by atoms with van der Waals surface area (Å²) in [6, 6.07) is 5.95. The fourth-order valence-electron chi connectivity index (χ4n) is 1.83. The quantitative estimate of drug-likeness (QED) is 0.740. The minimum Gasteiger partial charge on any atom is -0.393 e. The van der Waals surface area contributed by atoms with Crippen LogP contribution in [0.4, 0.5) is 10.5 Å². The number of anilines is 1. The minimum atomic E-state index is -0.394. The van der Waals surface area contributed by atoms with Gasteiger partial charge in [0.05, 0.1) is 6.10 Å². The fourth-order valence-corrected chi connectivity index (χ4v) is 1.83. The van der Waals surface area contributed by atoms with E-state index in [1.807, 2.05) is 6.07 Å². The van der Waals surface area contributed by atoms with Crippen LogP contribution in [0.5, 0.6) is 0 Å². The molecule has 3 N–H and O–H groups in total. The van der Waals surface area contributed by atoms with E-state index >= 15 is 0 Å². The average molecular weight is 264 g/mol. The average Bonchev–Trinajstić information content (AvgIpc) is 2.38. The zero-order chi connectivity index (χ0) is 14.3. The third-order valence-corrected chi connectivity index (χ3v) is 3.06. The lowest BCUT2D eigenvalue weighted by Gasteiger charge is -2.13. The van der Waals surface area contributed by atoms with Gasteiger partial charge in [0.15, 0.2) is 0 Å². The van der Waals surface area contributed by atoms with Gasteiger partial charge in [-0.1, -0.05) is 26.0 Å². The molecule has 106 valence electrons. The van der Waals surface area contributed by atoms with Gasteiger partial charge in [-0.15, -0.1) is 0 Å². The van der Waals surface area contributed by atoms with Crippen LogP contribution in [0.15, 0.2) is 18.2 Å². The molecule has 4 nitrogen and oxygen atoms in total. The van der Waals surface area contributed by atoms with Crippen LogP contribution >= 0.6 is 0 Å². The molecule has 2 amide bonds. The number of rotatable bonds is 6. The first kappa shape index (κ1) is 15.5. The fraction of sp³-hybridized carbons (Fsp3) is 0.533. The summed E-state index contributed by atoms with van der Waals surface area (Å²) >= 11 is 0. The van der Waals surface area contributed by atoms with Gasteiger partial charge in [-0.05, 0) is 43.4 Å². The third kappa shape index (κ3) is 5.30. The molecule has 0 aliphatic carbocycles. The second-order valence-electron chi connectivity index (χ2n) is 4.72. The molecule has 0 aromatic heterocycles. The summed E-state index contributed by atoms with van der Waals surface area (Å²) in [7, 11) is 0. The van der Waals surface area contributed by atoms with Crippen LogP contribution in [0.1, 0.15) is 38.3 Å². The van der Waals surface area contributed by atoms with Crippen molar-refractivity contribution in [3.63, 3.8) is 0 Å². The number of aliphatic hydroxyl groups excluding tert-OH is 1. The Balaban J connectivity index is 2.61. The highest BCUT2D eigenvalue weighted by Crippen LogP contribution is 2.18. The van der Waals surface area contributed by atoms with Gasteiger partial charge in [0.2, 0.25) is 0 Å². The van der Waals surface area contributed by atoms with Gasteiger partial charge in [-0.2, -0.15) is 0 Å². The summed E-state index contributed by atoms with van der Waals surface area (Å²) in [6.07, 6.45) is 1.99. The van der Waals surface area contributed by atoms with Crippen LogP contribution in [-0.2, 0) is 12.8 Å². The summed E-state index contributed by atoms with van der Waals surface area (Å²) in [5.74, 6) is 0. The molecule has 0 spiro atoms. The maximum Gasteiger partial charge on any atom is 0.319 e. The molecule has 4 heteroatoms. The van der Waals surface area contributed by atoms with Gasteiger partial charge in [0.1, 0.15) is 0 Å². The molecule has 1 rings (SSSR count). The van der Waals surface area contributed by atoms with Gasteiger partial charge in [0, 0.05) is 12.2 Å². The van der Waals surface area contributed by atoms with Crippen molar-refractivity contribution in [2.75, 3.05) is 11.9 Å². The van der Waals surface area contributed by atoms with Crippen molar-refractivity contribution in [1.29, 1.82) is 0 Å². The molecule has 0 aliphatic rings. The Labute approximate surface area is 115 Å². The summed E-state index contributed by atoms with van der Waals surface area (Å²) < 4.78 is 0. The van der Waals surface area contributed by atoms with Crippen molar-refractivity contribution in [1.82, 2.24) is 5.32 Å². The van der Waals surface area contributed by atoms with E-state index in [0.29, 0.717) is 13.0 Å². The second kappa shape index (κ2) is 7.79. The molecule has 1 aromatic rings. The Morgan fingerprint density at radius 1 is 1.32 bits per heavy atom. The number of amides is 2. The maximum absolute atomic E-state index is 11.8. The smallest absolute Gasteiger partial charge is 0.319 e. The van der Waals surface area contributed by atoms with Crippen LogP contribution in [0.2, 0.25) is 0 Å². The molecule has 0 saturated heterocycles. The first-order valence-corrected chi connectivity index (χ1v) is 6.91. The molecule has 0 aliphatic heterocycles. The summed E-state index contributed by atoms with van der Waals surface area (Å²) in [4.78, 5) is 11.8. The van der Waals surface area contributed by atoms with Crippen molar-refractivity contribution in [3.05, 3.63) is 29.3 Å². The number of hydrogen-bond donors (Lipinski definition) is 3. The highest BCUT2D eigenvalue weighted by atomic mass is 16.3. The van der Waals surface area contributed by atoms with Crippen molar-refractivity contribution in [2.45, 2.75) is 46.1 Å². The van der Waals surface area contributed by atoms with E-state index in [-0.39, 0.29) is 6.03 Å². The second-order valence-corrected chi connectivity index (χ2v) is 4.72. The molecule has 0 fully saturated rings. The van der Waals surface area contributed by atoms with E-state index in [4.69, 9.17) is 5.11 Å². The number of aryl methyl sites for hydroxylation is 2. The standard InChI is InChI=1S/C15H24N2O2/c1-4-12-6-7-13(5-2)14(10-12)17-15(19)16-9-8-11(3)18/h6-7,10-11,18H,4-5,8-9H2,1-3H3,(H2,16,17,19). The zero-order valence-electron chi connectivity index (χ0n) is 12.0. The molecule has 0 heterocycles. The molecular weight excluding hydrogens is 240 g/mol. The first-order chi connectivity index (χ1) is 9.06. The predicted molar refractivity (Wildman–Crippen MR) is 78.5 cm³/mol. The number of benzene rings is 1. The van der Waals surface area contributed by atoms with Crippen LogP contribution in [-0.4, -0.2) is 23.8 Å². The molecule has 1 aromatic carbocycles. The maximum atomic E-state index is 11.8. The Morgan fingerprint density at radius 3 is 2.63 bits per heavy atom. The number of carbonyl (C=O) groups excluding carboxylic acids is 1. The molecule has 1 atom stereocenters. The third-order valence-electron chi connectivity index (χ3n) is 3.06. The van der Waals surface area contributed by atoms with Crippen LogP contribution in [0, 0.1) is 0 Å². The van der Waals surface area contributed by atoms with Gasteiger partial charge in [-0.25, -0.2) is 4.79 Å². The van der Waals surface area contributed by atoms with E-state index in [1.54, 1.807) is 6.92 Å². The number of urea groups is 1. The molecular formula is C15H24N2O2. The monoisotopic (exact) mass is 264 g/mol. The molecule has 0 saturated carbocycles. The van der Waals surface area contributed by atoms with E-state index in [2.05, 4.69) is 36.6 Å². The van der Waals surface area contributed by atoms with Gasteiger partial charge < -0.3 is 15.7 Å². The number of hydrogen-bond acceptors (Lipinski definition) is 2. The van der Waals surface area contributed by atoms with Crippen LogP contribution in [0.3, 0.4) is 0 Å². The lowest BCUT2D eigenvalue weighted by atomic mass is 10.1. The normalized spacial score (nSPS) is 12.0. The van der Waals surface area contributed by atoms with E-state index < -0.39 is 6.10 Å². The molecule has 0 bridgehead atoms. The highest BCUT2D eigenvalue weighted by molar-refractivity contribution is 5.90. The Kier molecular flexibility index (Phi) is 6.36. The number of aliphatic hydroxyl groups is 1. The zero-order valence-corrected chi connectivity index (χ0v) is 12.0. The van der Waals surface area contributed by atoms with Crippen molar-refractivity contribution in [2.24, 2.45) is 0 Å². The largest absolute Gasteiger partial charge is 0.393 e. The van der Waals surface area contributed by atoms with Crippen LogP contribution < -0.4 is 10.6 Å². The first-order valence-electron chi connectivity index (χ1n) is 6.91. The lowest BCUT2D eigenvalue weighted by molar-refractivity contribution is 0.184. The number of carbonyl (C=O) groups is 1. The predicted octanol–water partition coefficient (Wildman–Crippen LogP) is 2.70. The summed E-state index contributed by atoms with van der Waals surface area (Å²) in [5, 5.41) is 14.8. The highest BCUT2D eigenvalue weighted by Gasteiger charge is 2.06. The van der Waals surface area contributed by atoms with Crippen LogP contribution in [0.25, 0.3) is 0 Å². The molecule has 0 radical (unpaired) electrons. The molecule has 1 unspecified atom stereocenters. The summed E-state index contributed by atoms with van der Waals surface area (Å²) in [5.41, 5.74) is 3.20. The van der Waals surface area contributed by atoms with E-state index in [0.717, 1.165) is 24.1 Å². The van der Waals surface area contributed by atoms with Gasteiger partial charge >= 0.3 is 6.03 Å². The van der Waals surface area contributed by atoms with Crippen molar-refractivity contribution >= 4 is 11.7 Å². The topological polar surface area (TPSA) is 61.4 Å². The van der Waals surface area contributed by atoms with Crippen molar-refractivity contribution < 1.29 is 9.90 Å². The van der Waals surface area contributed by atoms with Crippen molar-refractivity contribution in [3.8, 4) is 0 Å². The lowest BCUT2D eigenvalue weighted by Crippen LogP contribution is -2.31.